The molecule has 1 atom stereocenters. The second-order valence-electron chi connectivity index (χ2n) is 4.91. The number of nitrogens with two attached hydrogens (primary N) is 1. The molecule has 2 aromatic rings. The number of benzene rings is 1. The molecule has 18 heavy (non-hydrogen) atoms. The number of unbranched alkanes of at least 4 members (excludes halogenated alkanes) is 1. The number of para-hydroxylation sites is 2. The minimum Gasteiger partial charge on any atom is -0.331 e. The molecule has 0 saturated carbocycles. The van der Waals surface area contributed by atoms with E-state index >= 15 is 0 Å². The summed E-state index contributed by atoms with van der Waals surface area (Å²) in [5.41, 5.74) is 7.27. The molecule has 2 rings (SSSR count). The molecule has 0 bridgehead atoms. The van der Waals surface area contributed by atoms with Crippen molar-refractivity contribution in [2.24, 2.45) is 5.73 Å². The smallest absolute Gasteiger partial charge is 0.101 e. The summed E-state index contributed by atoms with van der Waals surface area (Å²) < 4.78 is 2.15. The number of aryl methyl sites for hydroxylation is 1. The first kappa shape index (κ1) is 12.6. The summed E-state index contributed by atoms with van der Waals surface area (Å²) in [6.07, 6.45) is 4.56. The minimum atomic E-state index is -0.697. The molecule has 0 amide bonds. The lowest BCUT2D eigenvalue weighted by molar-refractivity contribution is 0.490. The van der Waals surface area contributed by atoms with Gasteiger partial charge in [0, 0.05) is 6.54 Å². The number of aromatic nitrogens is 2. The van der Waals surface area contributed by atoms with Gasteiger partial charge in [-0.1, -0.05) is 12.1 Å². The van der Waals surface area contributed by atoms with E-state index in [4.69, 9.17) is 11.0 Å². The Balaban J connectivity index is 1.90. The van der Waals surface area contributed by atoms with Crippen molar-refractivity contribution in [3.8, 4) is 6.07 Å². The zero-order valence-electron chi connectivity index (χ0n) is 10.6. The first-order valence-corrected chi connectivity index (χ1v) is 6.22. The summed E-state index contributed by atoms with van der Waals surface area (Å²) in [5, 5.41) is 8.83. The number of hydrogen-bond donors (Lipinski definition) is 1. The number of nitrogens with zero attached hydrogens (tertiary/aromatic N) is 3. The van der Waals surface area contributed by atoms with E-state index < -0.39 is 5.54 Å². The molecule has 0 aliphatic heterocycles. The molecule has 1 aromatic carbocycles. The second kappa shape index (κ2) is 5.19. The fraction of sp³-hybridized carbons (Fsp3) is 0.429. The highest BCUT2D eigenvalue weighted by Crippen LogP contribution is 2.14. The lowest BCUT2D eigenvalue weighted by Crippen LogP contribution is -2.33. The van der Waals surface area contributed by atoms with Crippen LogP contribution < -0.4 is 5.73 Å². The number of nitriles is 1. The van der Waals surface area contributed by atoms with Crippen LogP contribution in [0.1, 0.15) is 26.2 Å². The van der Waals surface area contributed by atoms with Gasteiger partial charge in [-0.15, -0.1) is 0 Å². The third-order valence-electron chi connectivity index (χ3n) is 3.13. The Bertz CT molecular complexity index is 562. The molecule has 0 radical (unpaired) electrons. The van der Waals surface area contributed by atoms with Crippen LogP contribution in [0.15, 0.2) is 30.6 Å². The van der Waals surface area contributed by atoms with Crippen LogP contribution in [0.25, 0.3) is 11.0 Å². The first-order valence-electron chi connectivity index (χ1n) is 6.22. The SMILES string of the molecule is CC(N)(C#N)CCCCn1cnc2ccccc21. The number of fused-ring (bicyclic) bond motifs is 1. The van der Waals surface area contributed by atoms with Crippen LogP contribution in [-0.4, -0.2) is 15.1 Å². The average molecular weight is 242 g/mol. The monoisotopic (exact) mass is 242 g/mol. The highest BCUT2D eigenvalue weighted by Gasteiger charge is 2.15. The van der Waals surface area contributed by atoms with Crippen molar-refractivity contribution in [2.45, 2.75) is 38.3 Å². The average Bonchev–Trinajstić information content (AvgIpc) is 2.78. The van der Waals surface area contributed by atoms with Crippen molar-refractivity contribution in [1.82, 2.24) is 9.55 Å². The van der Waals surface area contributed by atoms with Crippen LogP contribution in [0, 0.1) is 11.3 Å². The summed E-state index contributed by atoms with van der Waals surface area (Å²) in [6.45, 7) is 2.70. The van der Waals surface area contributed by atoms with E-state index in [2.05, 4.69) is 21.7 Å². The van der Waals surface area contributed by atoms with Crippen molar-refractivity contribution in [3.05, 3.63) is 30.6 Å². The standard InChI is InChI=1S/C14H18N4/c1-14(16,10-15)8-4-5-9-18-11-17-12-6-2-3-7-13(12)18/h2-3,6-7,11H,4-5,8-9,16H2,1H3. The third kappa shape index (κ3) is 2.88. The highest BCUT2D eigenvalue weighted by molar-refractivity contribution is 5.74. The van der Waals surface area contributed by atoms with Crippen molar-refractivity contribution in [2.75, 3.05) is 0 Å². The van der Waals surface area contributed by atoms with Gasteiger partial charge in [-0.05, 0) is 38.3 Å². The molecule has 2 N–H and O–H groups in total. The van der Waals surface area contributed by atoms with Crippen LogP contribution in [-0.2, 0) is 6.54 Å². The molecule has 4 heteroatoms. The van der Waals surface area contributed by atoms with Crippen molar-refractivity contribution in [3.63, 3.8) is 0 Å². The Morgan fingerprint density at radius 1 is 1.39 bits per heavy atom. The number of hydrogen-bond acceptors (Lipinski definition) is 3. The van der Waals surface area contributed by atoms with Gasteiger partial charge >= 0.3 is 0 Å². The van der Waals surface area contributed by atoms with Crippen LogP contribution in [0.5, 0.6) is 0 Å². The molecule has 0 aliphatic carbocycles. The lowest BCUT2D eigenvalue weighted by atomic mass is 9.98. The van der Waals surface area contributed by atoms with Gasteiger partial charge in [0.1, 0.15) is 5.54 Å². The first-order chi connectivity index (χ1) is 8.62. The van der Waals surface area contributed by atoms with Crippen LogP contribution >= 0.6 is 0 Å². The second-order valence-corrected chi connectivity index (χ2v) is 4.91. The van der Waals surface area contributed by atoms with Gasteiger partial charge in [-0.2, -0.15) is 5.26 Å². The quantitative estimate of drug-likeness (QED) is 0.819. The van der Waals surface area contributed by atoms with Crippen LogP contribution in [0.3, 0.4) is 0 Å². The van der Waals surface area contributed by atoms with Crippen molar-refractivity contribution in [1.29, 1.82) is 5.26 Å². The molecular weight excluding hydrogens is 224 g/mol. The molecule has 0 spiro atoms. The zero-order valence-corrected chi connectivity index (χ0v) is 10.6. The van der Waals surface area contributed by atoms with E-state index in [0.717, 1.165) is 36.8 Å². The predicted octanol–water partition coefficient (Wildman–Crippen LogP) is 2.45. The van der Waals surface area contributed by atoms with Crippen LogP contribution in [0.4, 0.5) is 0 Å². The Morgan fingerprint density at radius 2 is 2.17 bits per heavy atom. The zero-order chi connectivity index (χ0) is 13.0. The van der Waals surface area contributed by atoms with E-state index in [-0.39, 0.29) is 0 Å². The van der Waals surface area contributed by atoms with E-state index in [9.17, 15) is 0 Å². The van der Waals surface area contributed by atoms with E-state index in [1.165, 1.54) is 0 Å². The maximum absolute atomic E-state index is 8.83. The molecular formula is C14H18N4. The van der Waals surface area contributed by atoms with E-state index in [0.29, 0.717) is 0 Å². The number of rotatable bonds is 5. The van der Waals surface area contributed by atoms with Gasteiger partial charge in [0.15, 0.2) is 0 Å². The van der Waals surface area contributed by atoms with Gasteiger partial charge in [0.05, 0.1) is 23.4 Å². The summed E-state index contributed by atoms with van der Waals surface area (Å²) >= 11 is 0. The van der Waals surface area contributed by atoms with Gasteiger partial charge in [0.25, 0.3) is 0 Å². The normalized spacial score (nSPS) is 14.3. The predicted molar refractivity (Wildman–Crippen MR) is 71.8 cm³/mol. The largest absolute Gasteiger partial charge is 0.331 e. The molecule has 94 valence electrons. The number of imidazole rings is 1. The summed E-state index contributed by atoms with van der Waals surface area (Å²) in [4.78, 5) is 4.35. The Morgan fingerprint density at radius 3 is 2.94 bits per heavy atom. The highest BCUT2D eigenvalue weighted by atomic mass is 15.0. The molecule has 1 aromatic heterocycles. The van der Waals surface area contributed by atoms with Gasteiger partial charge < -0.3 is 10.3 Å². The fourth-order valence-electron chi connectivity index (χ4n) is 2.02. The van der Waals surface area contributed by atoms with Crippen molar-refractivity contribution >= 4 is 11.0 Å². The fourth-order valence-corrected chi connectivity index (χ4v) is 2.02. The van der Waals surface area contributed by atoms with Crippen molar-refractivity contribution < 1.29 is 0 Å². The Kier molecular flexibility index (Phi) is 3.63. The maximum Gasteiger partial charge on any atom is 0.101 e. The molecule has 1 heterocycles. The Labute approximate surface area is 107 Å². The molecule has 4 nitrogen and oxygen atoms in total. The maximum atomic E-state index is 8.83. The molecule has 1 unspecified atom stereocenters. The molecule has 0 saturated heterocycles. The topological polar surface area (TPSA) is 67.6 Å². The summed E-state index contributed by atoms with van der Waals surface area (Å²) in [5.74, 6) is 0. The lowest BCUT2D eigenvalue weighted by Gasteiger charge is -2.14. The minimum absolute atomic E-state index is 0.697. The summed E-state index contributed by atoms with van der Waals surface area (Å²) in [6, 6.07) is 10.2. The third-order valence-corrected chi connectivity index (χ3v) is 3.13. The van der Waals surface area contributed by atoms with Crippen LogP contribution in [0.2, 0.25) is 0 Å². The van der Waals surface area contributed by atoms with Gasteiger partial charge in [0.2, 0.25) is 0 Å². The van der Waals surface area contributed by atoms with Gasteiger partial charge in [-0.25, -0.2) is 4.98 Å². The van der Waals surface area contributed by atoms with E-state index in [1.807, 2.05) is 24.5 Å². The van der Waals surface area contributed by atoms with Gasteiger partial charge in [-0.3, -0.25) is 0 Å². The van der Waals surface area contributed by atoms with E-state index in [1.54, 1.807) is 6.92 Å². The summed E-state index contributed by atoms with van der Waals surface area (Å²) in [7, 11) is 0. The molecule has 0 fully saturated rings. The Hall–Kier alpha value is -1.86. The molecule has 0 aliphatic rings.